The van der Waals surface area contributed by atoms with Crippen LogP contribution >= 0.6 is 0 Å². The van der Waals surface area contributed by atoms with Gasteiger partial charge in [-0.1, -0.05) is 60.7 Å². The van der Waals surface area contributed by atoms with Crippen LogP contribution in [0.1, 0.15) is 57.6 Å². The number of benzene rings is 2. The lowest BCUT2D eigenvalue weighted by atomic mass is 10.1. The number of piperidine rings is 1. The van der Waals surface area contributed by atoms with Crippen molar-refractivity contribution in [2.75, 3.05) is 39.5 Å². The molecule has 1 saturated heterocycles. The van der Waals surface area contributed by atoms with Crippen molar-refractivity contribution >= 4 is 6.09 Å². The van der Waals surface area contributed by atoms with Crippen LogP contribution in [0.4, 0.5) is 4.79 Å². The highest BCUT2D eigenvalue weighted by atomic mass is 16.6. The van der Waals surface area contributed by atoms with Gasteiger partial charge in [0.2, 0.25) is 0 Å². The van der Waals surface area contributed by atoms with E-state index in [1.54, 1.807) is 4.90 Å². The normalized spacial score (nSPS) is 14.8. The molecule has 0 unspecified atom stereocenters. The number of hydrogen-bond donors (Lipinski definition) is 0. The number of amides is 1. The fourth-order valence-electron chi connectivity index (χ4n) is 4.33. The van der Waals surface area contributed by atoms with Gasteiger partial charge in [0.1, 0.15) is 5.60 Å². The van der Waals surface area contributed by atoms with Crippen LogP contribution < -0.4 is 0 Å². The molecule has 0 bridgehead atoms. The molecule has 36 heavy (non-hydrogen) atoms. The summed E-state index contributed by atoms with van der Waals surface area (Å²) in [4.78, 5) is 16.4. The number of rotatable bonds is 13. The van der Waals surface area contributed by atoms with Gasteiger partial charge < -0.3 is 19.1 Å². The Kier molecular flexibility index (Phi) is 11.7. The van der Waals surface area contributed by atoms with Crippen molar-refractivity contribution in [3.63, 3.8) is 0 Å². The van der Waals surface area contributed by atoms with Crippen molar-refractivity contribution in [1.82, 2.24) is 9.80 Å². The number of carbonyl (C=O) groups excluding carboxylic acids is 1. The lowest BCUT2D eigenvalue weighted by molar-refractivity contribution is -0.0164. The monoisotopic (exact) mass is 496 g/mol. The van der Waals surface area contributed by atoms with Crippen molar-refractivity contribution in [1.29, 1.82) is 0 Å². The number of carbonyl (C=O) groups is 1. The summed E-state index contributed by atoms with van der Waals surface area (Å²) in [7, 11) is 0. The Morgan fingerprint density at radius 2 is 1.42 bits per heavy atom. The summed E-state index contributed by atoms with van der Waals surface area (Å²) in [6.07, 6.45) is 3.61. The predicted molar refractivity (Wildman–Crippen MR) is 144 cm³/mol. The van der Waals surface area contributed by atoms with E-state index in [2.05, 4.69) is 65.6 Å². The summed E-state index contributed by atoms with van der Waals surface area (Å²) in [6.45, 7) is 12.1. The summed E-state index contributed by atoms with van der Waals surface area (Å²) in [5.41, 5.74) is 2.22. The van der Waals surface area contributed by atoms with Crippen molar-refractivity contribution in [2.24, 2.45) is 0 Å². The Morgan fingerprint density at radius 3 is 1.97 bits per heavy atom. The highest BCUT2D eigenvalue weighted by Crippen LogP contribution is 2.17. The lowest BCUT2D eigenvalue weighted by Crippen LogP contribution is -2.43. The minimum Gasteiger partial charge on any atom is -0.444 e. The van der Waals surface area contributed by atoms with Crippen LogP contribution in [-0.4, -0.2) is 67.1 Å². The van der Waals surface area contributed by atoms with Crippen molar-refractivity contribution in [2.45, 2.75) is 71.2 Å². The molecule has 6 nitrogen and oxygen atoms in total. The third-order valence-corrected chi connectivity index (χ3v) is 6.14. The minimum atomic E-state index is -0.452. The quantitative estimate of drug-likeness (QED) is 0.323. The molecule has 198 valence electrons. The maximum absolute atomic E-state index is 12.2. The molecule has 1 fully saturated rings. The highest BCUT2D eigenvalue weighted by Gasteiger charge is 2.27. The average molecular weight is 497 g/mol. The van der Waals surface area contributed by atoms with E-state index in [1.807, 2.05) is 20.8 Å². The topological polar surface area (TPSA) is 51.2 Å². The molecule has 0 atom stereocenters. The van der Waals surface area contributed by atoms with Gasteiger partial charge in [0.25, 0.3) is 0 Å². The van der Waals surface area contributed by atoms with Gasteiger partial charge >= 0.3 is 6.09 Å². The smallest absolute Gasteiger partial charge is 0.410 e. The maximum Gasteiger partial charge on any atom is 0.410 e. The fourth-order valence-corrected chi connectivity index (χ4v) is 4.33. The maximum atomic E-state index is 12.2. The summed E-state index contributed by atoms with van der Waals surface area (Å²) < 4.78 is 17.4. The standard InChI is InChI=1S/C30H44N2O4/c1-30(2,3)36-29(33)32-19-16-28(17-20-32)35-23-11-22-34-21-10-18-31(24-26-12-6-4-7-13-26)25-27-14-8-5-9-15-27/h4-9,12-15,28H,10-11,16-25H2,1-3H3. The Morgan fingerprint density at radius 1 is 0.861 bits per heavy atom. The molecule has 1 aliphatic rings. The number of likely N-dealkylation sites (tertiary alicyclic amines) is 1. The molecule has 1 heterocycles. The van der Waals surface area contributed by atoms with Crippen LogP contribution in [0.2, 0.25) is 0 Å². The highest BCUT2D eigenvalue weighted by molar-refractivity contribution is 5.68. The third kappa shape index (κ3) is 11.1. The van der Waals surface area contributed by atoms with E-state index in [0.29, 0.717) is 26.3 Å². The zero-order chi connectivity index (χ0) is 25.6. The second-order valence-electron chi connectivity index (χ2n) is 10.5. The Hall–Kier alpha value is -2.41. The van der Waals surface area contributed by atoms with E-state index in [9.17, 15) is 4.79 Å². The van der Waals surface area contributed by atoms with Gasteiger partial charge in [0, 0.05) is 52.5 Å². The lowest BCUT2D eigenvalue weighted by Gasteiger charge is -2.33. The van der Waals surface area contributed by atoms with Crippen LogP contribution in [0.5, 0.6) is 0 Å². The third-order valence-electron chi connectivity index (χ3n) is 6.14. The van der Waals surface area contributed by atoms with E-state index < -0.39 is 5.60 Å². The first-order chi connectivity index (χ1) is 17.4. The molecule has 2 aromatic carbocycles. The minimum absolute atomic E-state index is 0.216. The molecule has 6 heteroatoms. The average Bonchev–Trinajstić information content (AvgIpc) is 2.86. The van der Waals surface area contributed by atoms with E-state index in [4.69, 9.17) is 14.2 Å². The largest absolute Gasteiger partial charge is 0.444 e. The van der Waals surface area contributed by atoms with Gasteiger partial charge in [-0.05, 0) is 57.6 Å². The molecule has 0 spiro atoms. The molecular formula is C30H44N2O4. The van der Waals surface area contributed by atoms with Crippen molar-refractivity contribution in [3.05, 3.63) is 71.8 Å². The van der Waals surface area contributed by atoms with Gasteiger partial charge in [-0.2, -0.15) is 0 Å². The second kappa shape index (κ2) is 15.0. The van der Waals surface area contributed by atoms with Crippen LogP contribution in [0.25, 0.3) is 0 Å². The second-order valence-corrected chi connectivity index (χ2v) is 10.5. The van der Waals surface area contributed by atoms with Crippen LogP contribution in [0, 0.1) is 0 Å². The first kappa shape index (κ1) is 28.2. The van der Waals surface area contributed by atoms with E-state index in [0.717, 1.165) is 51.9 Å². The molecule has 0 saturated carbocycles. The van der Waals surface area contributed by atoms with Crippen LogP contribution in [-0.2, 0) is 27.3 Å². The molecule has 2 aromatic rings. The van der Waals surface area contributed by atoms with Gasteiger partial charge in [0.05, 0.1) is 6.10 Å². The Balaban J connectivity index is 1.25. The SMILES string of the molecule is CC(C)(C)OC(=O)N1CCC(OCCCOCCCN(Cc2ccccc2)Cc2ccccc2)CC1. The molecule has 0 aliphatic carbocycles. The Labute approximate surface area is 217 Å². The first-order valence-corrected chi connectivity index (χ1v) is 13.4. The fraction of sp³-hybridized carbons (Fsp3) is 0.567. The summed E-state index contributed by atoms with van der Waals surface area (Å²) in [6, 6.07) is 21.3. The van der Waals surface area contributed by atoms with Crippen LogP contribution in [0.15, 0.2) is 60.7 Å². The van der Waals surface area contributed by atoms with Gasteiger partial charge in [0.15, 0.2) is 0 Å². The van der Waals surface area contributed by atoms with Gasteiger partial charge in [-0.3, -0.25) is 4.90 Å². The molecule has 1 aliphatic heterocycles. The van der Waals surface area contributed by atoms with Gasteiger partial charge in [-0.15, -0.1) is 0 Å². The first-order valence-electron chi connectivity index (χ1n) is 13.4. The number of ether oxygens (including phenoxy) is 3. The van der Waals surface area contributed by atoms with E-state index in [1.165, 1.54) is 11.1 Å². The van der Waals surface area contributed by atoms with Gasteiger partial charge in [-0.25, -0.2) is 4.79 Å². The van der Waals surface area contributed by atoms with E-state index >= 15 is 0 Å². The van der Waals surface area contributed by atoms with Crippen molar-refractivity contribution in [3.8, 4) is 0 Å². The molecular weight excluding hydrogens is 452 g/mol. The zero-order valence-electron chi connectivity index (χ0n) is 22.4. The predicted octanol–water partition coefficient (Wildman–Crippen LogP) is 5.90. The van der Waals surface area contributed by atoms with Crippen LogP contribution in [0.3, 0.4) is 0 Å². The summed E-state index contributed by atoms with van der Waals surface area (Å²) in [5.74, 6) is 0. The van der Waals surface area contributed by atoms with Crippen molar-refractivity contribution < 1.29 is 19.0 Å². The number of nitrogens with zero attached hydrogens (tertiary/aromatic N) is 2. The molecule has 0 radical (unpaired) electrons. The molecule has 1 amide bonds. The molecule has 0 aromatic heterocycles. The number of hydrogen-bond acceptors (Lipinski definition) is 5. The summed E-state index contributed by atoms with van der Waals surface area (Å²) >= 11 is 0. The molecule has 0 N–H and O–H groups in total. The van der Waals surface area contributed by atoms with E-state index in [-0.39, 0.29) is 12.2 Å². The summed E-state index contributed by atoms with van der Waals surface area (Å²) in [5, 5.41) is 0. The zero-order valence-corrected chi connectivity index (χ0v) is 22.4. The molecule has 3 rings (SSSR count). The Bertz CT molecular complexity index is 820.